The predicted octanol–water partition coefficient (Wildman–Crippen LogP) is 3.31. The zero-order valence-electron chi connectivity index (χ0n) is 12.7. The minimum Gasteiger partial charge on any atom is -0.441 e. The Morgan fingerprint density at radius 1 is 1.38 bits per heavy atom. The minimum absolute atomic E-state index is 0.376. The molecule has 114 valence electrons. The van der Waals surface area contributed by atoms with Crippen LogP contribution in [0.25, 0.3) is 11.1 Å². The van der Waals surface area contributed by atoms with Crippen LogP contribution in [0.5, 0.6) is 0 Å². The number of para-hydroxylation sites is 2. The van der Waals surface area contributed by atoms with E-state index in [0.717, 1.165) is 49.4 Å². The number of benzene rings is 1. The molecule has 21 heavy (non-hydrogen) atoms. The second kappa shape index (κ2) is 7.05. The van der Waals surface area contributed by atoms with Gasteiger partial charge in [0.2, 0.25) is 0 Å². The van der Waals surface area contributed by atoms with Crippen molar-refractivity contribution in [1.29, 1.82) is 0 Å². The molecule has 0 radical (unpaired) electrons. The van der Waals surface area contributed by atoms with Gasteiger partial charge in [-0.05, 0) is 44.4 Å². The number of fused-ring (bicyclic) bond motifs is 1. The smallest absolute Gasteiger partial charge is 0.197 e. The van der Waals surface area contributed by atoms with Gasteiger partial charge in [-0.2, -0.15) is 0 Å². The van der Waals surface area contributed by atoms with Crippen LogP contribution < -0.4 is 5.32 Å². The molecule has 0 saturated carbocycles. The van der Waals surface area contributed by atoms with Crippen molar-refractivity contribution < 1.29 is 9.15 Å². The monoisotopic (exact) mass is 288 g/mol. The average molecular weight is 288 g/mol. The summed E-state index contributed by atoms with van der Waals surface area (Å²) in [5, 5.41) is 3.61. The van der Waals surface area contributed by atoms with E-state index in [0.29, 0.717) is 12.1 Å². The number of nitrogens with one attached hydrogen (secondary N) is 1. The summed E-state index contributed by atoms with van der Waals surface area (Å²) in [5.74, 6) is 0.822. The van der Waals surface area contributed by atoms with Crippen LogP contribution in [-0.2, 0) is 11.2 Å². The molecule has 4 heteroatoms. The Labute approximate surface area is 125 Å². The van der Waals surface area contributed by atoms with E-state index < -0.39 is 0 Å². The van der Waals surface area contributed by atoms with Crippen molar-refractivity contribution in [2.24, 2.45) is 0 Å². The summed E-state index contributed by atoms with van der Waals surface area (Å²) in [4.78, 5) is 4.59. The van der Waals surface area contributed by atoms with Gasteiger partial charge in [-0.1, -0.05) is 19.1 Å². The maximum Gasteiger partial charge on any atom is 0.197 e. The number of rotatable bonds is 7. The first-order valence-electron chi connectivity index (χ1n) is 8.04. The van der Waals surface area contributed by atoms with E-state index >= 15 is 0 Å². The second-order valence-electron chi connectivity index (χ2n) is 5.80. The maximum atomic E-state index is 5.85. The van der Waals surface area contributed by atoms with Crippen LogP contribution in [0.15, 0.2) is 28.7 Å². The summed E-state index contributed by atoms with van der Waals surface area (Å²) in [7, 11) is 0. The van der Waals surface area contributed by atoms with Crippen molar-refractivity contribution in [2.45, 2.75) is 51.2 Å². The van der Waals surface area contributed by atoms with Crippen LogP contribution in [0.1, 0.15) is 38.5 Å². The molecule has 0 spiro atoms. The van der Waals surface area contributed by atoms with Crippen LogP contribution in [0.3, 0.4) is 0 Å². The van der Waals surface area contributed by atoms with Gasteiger partial charge < -0.3 is 14.5 Å². The fourth-order valence-electron chi connectivity index (χ4n) is 2.95. The third kappa shape index (κ3) is 3.83. The first-order valence-corrected chi connectivity index (χ1v) is 8.04. The number of hydrogen-bond acceptors (Lipinski definition) is 4. The number of aromatic nitrogens is 1. The predicted molar refractivity (Wildman–Crippen MR) is 83.4 cm³/mol. The summed E-state index contributed by atoms with van der Waals surface area (Å²) in [6, 6.07) is 8.32. The molecule has 2 atom stereocenters. The van der Waals surface area contributed by atoms with Gasteiger partial charge in [-0.25, -0.2) is 4.98 Å². The molecule has 1 fully saturated rings. The molecule has 1 aromatic carbocycles. The van der Waals surface area contributed by atoms with Gasteiger partial charge >= 0.3 is 0 Å². The summed E-state index contributed by atoms with van der Waals surface area (Å²) in [6.45, 7) is 4.13. The van der Waals surface area contributed by atoms with Crippen molar-refractivity contribution in [1.82, 2.24) is 10.3 Å². The van der Waals surface area contributed by atoms with Gasteiger partial charge in [0.05, 0.1) is 6.10 Å². The summed E-state index contributed by atoms with van der Waals surface area (Å²) in [5.41, 5.74) is 1.82. The Morgan fingerprint density at radius 2 is 2.29 bits per heavy atom. The van der Waals surface area contributed by atoms with Crippen LogP contribution in [0.4, 0.5) is 0 Å². The molecule has 3 rings (SSSR count). The molecule has 2 unspecified atom stereocenters. The molecule has 0 aliphatic carbocycles. The number of hydrogen-bond donors (Lipinski definition) is 1. The third-order valence-electron chi connectivity index (χ3n) is 4.01. The lowest BCUT2D eigenvalue weighted by atomic mass is 10.0. The number of nitrogens with zero attached hydrogens (tertiary/aromatic N) is 1. The first-order chi connectivity index (χ1) is 10.3. The summed E-state index contributed by atoms with van der Waals surface area (Å²) in [6.07, 6.45) is 5.76. The molecular formula is C17H24N2O2. The zero-order valence-corrected chi connectivity index (χ0v) is 12.7. The van der Waals surface area contributed by atoms with Gasteiger partial charge in [-0.15, -0.1) is 0 Å². The van der Waals surface area contributed by atoms with Gasteiger partial charge in [0, 0.05) is 19.1 Å². The van der Waals surface area contributed by atoms with Gasteiger partial charge in [-0.3, -0.25) is 0 Å². The Bertz CT molecular complexity index is 528. The second-order valence-corrected chi connectivity index (χ2v) is 5.80. The van der Waals surface area contributed by atoms with Crippen molar-refractivity contribution in [3.63, 3.8) is 0 Å². The summed E-state index contributed by atoms with van der Waals surface area (Å²) < 4.78 is 11.6. The minimum atomic E-state index is 0.376. The highest BCUT2D eigenvalue weighted by molar-refractivity contribution is 5.72. The molecule has 1 aliphatic heterocycles. The van der Waals surface area contributed by atoms with Gasteiger partial charge in [0.25, 0.3) is 0 Å². The van der Waals surface area contributed by atoms with E-state index in [1.165, 1.54) is 12.8 Å². The maximum absolute atomic E-state index is 5.85. The highest BCUT2D eigenvalue weighted by Gasteiger charge is 2.22. The molecule has 1 aromatic heterocycles. The van der Waals surface area contributed by atoms with E-state index in [4.69, 9.17) is 9.15 Å². The lowest BCUT2D eigenvalue weighted by molar-refractivity contribution is 0.0939. The van der Waals surface area contributed by atoms with Crippen LogP contribution in [0, 0.1) is 0 Å². The zero-order chi connectivity index (χ0) is 14.5. The standard InChI is InChI=1S/C17H24N2O2/c1-2-9-18-13(11-14-6-5-10-20-14)12-17-19-15-7-3-4-8-16(15)21-17/h3-4,7-8,13-14,18H,2,5-6,9-12H2,1H3. The Morgan fingerprint density at radius 3 is 3.05 bits per heavy atom. The normalized spacial score (nSPS) is 20.1. The highest BCUT2D eigenvalue weighted by Crippen LogP contribution is 2.20. The molecule has 1 saturated heterocycles. The Balaban J connectivity index is 1.66. The fraction of sp³-hybridized carbons (Fsp3) is 0.588. The SMILES string of the molecule is CCCNC(Cc1nc2ccccc2o1)CC1CCCO1. The molecule has 0 amide bonds. The lowest BCUT2D eigenvalue weighted by Crippen LogP contribution is -2.35. The van der Waals surface area contributed by atoms with Gasteiger partial charge in [0.15, 0.2) is 11.5 Å². The Hall–Kier alpha value is -1.39. The largest absolute Gasteiger partial charge is 0.441 e. The van der Waals surface area contributed by atoms with E-state index in [-0.39, 0.29) is 0 Å². The van der Waals surface area contributed by atoms with Crippen molar-refractivity contribution in [3.8, 4) is 0 Å². The summed E-state index contributed by atoms with van der Waals surface area (Å²) >= 11 is 0. The lowest BCUT2D eigenvalue weighted by Gasteiger charge is -2.20. The van der Waals surface area contributed by atoms with Crippen molar-refractivity contribution in [3.05, 3.63) is 30.2 Å². The van der Waals surface area contributed by atoms with Crippen LogP contribution >= 0.6 is 0 Å². The highest BCUT2D eigenvalue weighted by atomic mass is 16.5. The molecule has 0 bridgehead atoms. The van der Waals surface area contributed by atoms with E-state index in [1.807, 2.05) is 24.3 Å². The number of oxazole rings is 1. The molecule has 2 heterocycles. The average Bonchev–Trinajstić information content (AvgIpc) is 3.13. The third-order valence-corrected chi connectivity index (χ3v) is 4.01. The molecule has 1 aliphatic rings. The molecule has 1 N–H and O–H groups in total. The van der Waals surface area contributed by atoms with Crippen LogP contribution in [0.2, 0.25) is 0 Å². The molecule has 2 aromatic rings. The van der Waals surface area contributed by atoms with E-state index in [9.17, 15) is 0 Å². The fourth-order valence-corrected chi connectivity index (χ4v) is 2.95. The topological polar surface area (TPSA) is 47.3 Å². The Kier molecular flexibility index (Phi) is 4.88. The quantitative estimate of drug-likeness (QED) is 0.849. The van der Waals surface area contributed by atoms with Crippen molar-refractivity contribution in [2.75, 3.05) is 13.2 Å². The first kappa shape index (κ1) is 14.5. The van der Waals surface area contributed by atoms with E-state index in [2.05, 4.69) is 17.2 Å². The van der Waals surface area contributed by atoms with Crippen LogP contribution in [-0.4, -0.2) is 30.3 Å². The number of ether oxygens (including phenoxy) is 1. The van der Waals surface area contributed by atoms with Gasteiger partial charge in [0.1, 0.15) is 5.52 Å². The molecule has 4 nitrogen and oxygen atoms in total. The van der Waals surface area contributed by atoms with Crippen molar-refractivity contribution >= 4 is 11.1 Å². The molecular weight excluding hydrogens is 264 g/mol. The van der Waals surface area contributed by atoms with E-state index in [1.54, 1.807) is 0 Å².